The second-order valence-corrected chi connectivity index (χ2v) is 11.4. The van der Waals surface area contributed by atoms with E-state index >= 15 is 0 Å². The molecule has 4 heterocycles. The fraction of sp³-hybridized carbons (Fsp3) is 0.100. The Hall–Kier alpha value is -5.83. The van der Waals surface area contributed by atoms with Gasteiger partial charge in [-0.05, 0) is 61.6 Å². The molecule has 0 saturated heterocycles. The first-order chi connectivity index (χ1) is 23.9. The van der Waals surface area contributed by atoms with E-state index in [1.165, 1.54) is 22.3 Å². The van der Waals surface area contributed by atoms with Gasteiger partial charge in [0, 0.05) is 51.1 Å². The molecule has 8 aromatic rings. The van der Waals surface area contributed by atoms with Gasteiger partial charge in [0.05, 0.1) is 22.9 Å². The normalized spacial score (nSPS) is 10.2. The third-order valence-electron chi connectivity index (χ3n) is 7.34. The maximum atomic E-state index is 4.02. The fourth-order valence-electron chi connectivity index (χ4n) is 4.89. The molecule has 251 valence electrons. The Morgan fingerprint density at radius 1 is 0.620 bits per heavy atom. The van der Waals surface area contributed by atoms with Gasteiger partial charge < -0.3 is 14.2 Å². The topological polar surface area (TPSA) is 83.3 Å². The van der Waals surface area contributed by atoms with E-state index in [1.807, 2.05) is 79.5 Å². The van der Waals surface area contributed by atoms with Crippen molar-refractivity contribution in [3.8, 4) is 34.3 Å². The van der Waals surface area contributed by atoms with Crippen LogP contribution in [0.5, 0.6) is 0 Å². The van der Waals surface area contributed by atoms with Gasteiger partial charge in [-0.25, -0.2) is 0 Å². The van der Waals surface area contributed by atoms with E-state index < -0.39 is 0 Å². The molecule has 0 unspecified atom stereocenters. The number of pyridine rings is 1. The fourth-order valence-corrected chi connectivity index (χ4v) is 4.89. The Kier molecular flexibility index (Phi) is 12.1. The molecule has 0 N–H and O–H groups in total. The van der Waals surface area contributed by atoms with E-state index in [1.54, 1.807) is 12.3 Å². The van der Waals surface area contributed by atoms with E-state index in [4.69, 9.17) is 0 Å². The van der Waals surface area contributed by atoms with Gasteiger partial charge in [0.15, 0.2) is 0 Å². The molecule has 9 nitrogen and oxygen atoms in total. The van der Waals surface area contributed by atoms with Crippen LogP contribution in [0.1, 0.15) is 22.3 Å². The molecule has 0 aliphatic rings. The van der Waals surface area contributed by atoms with Crippen molar-refractivity contribution >= 4 is 0 Å². The Balaban J connectivity index is 0.000000150. The van der Waals surface area contributed by atoms with Gasteiger partial charge in [-0.2, -0.15) is 64.9 Å². The van der Waals surface area contributed by atoms with Crippen LogP contribution < -0.4 is 14.2 Å². The summed E-state index contributed by atoms with van der Waals surface area (Å²) in [5.74, 6) is 0.464. The molecular weight excluding hydrogens is 799 g/mol. The third-order valence-corrected chi connectivity index (χ3v) is 7.34. The molecule has 0 bridgehead atoms. The molecule has 4 aromatic carbocycles. The van der Waals surface area contributed by atoms with Crippen molar-refractivity contribution < 1.29 is 29.2 Å². The Morgan fingerprint density at radius 3 is 1.60 bits per heavy atom. The predicted molar refractivity (Wildman–Crippen MR) is 185 cm³/mol. The number of aryl methyl sites for hydroxylation is 4. The van der Waals surface area contributed by atoms with Crippen LogP contribution in [0, 0.1) is 52.5 Å². The first kappa shape index (κ1) is 35.5. The summed E-state index contributed by atoms with van der Waals surface area (Å²) in [7, 11) is 0. The molecule has 0 amide bonds. The number of imidazole rings is 2. The van der Waals surface area contributed by atoms with Crippen LogP contribution in [0.3, 0.4) is 0 Å². The maximum Gasteiger partial charge on any atom is 0.267 e. The average Bonchev–Trinajstić information content (AvgIpc) is 3.93. The molecule has 10 heteroatoms. The summed E-state index contributed by atoms with van der Waals surface area (Å²) in [6.07, 6.45) is 16.3. The average molecular weight is 833 g/mol. The molecule has 0 aliphatic carbocycles. The zero-order valence-corrected chi connectivity index (χ0v) is 30.5. The van der Waals surface area contributed by atoms with Crippen molar-refractivity contribution in [2.45, 2.75) is 27.7 Å². The zero-order chi connectivity index (χ0) is 34.0. The predicted octanol–water partition coefficient (Wildman–Crippen LogP) is 5.83. The van der Waals surface area contributed by atoms with E-state index in [-0.39, 0.29) is 20.1 Å². The van der Waals surface area contributed by atoms with Gasteiger partial charge >= 0.3 is 0 Å². The molecule has 0 spiro atoms. The first-order valence-electron chi connectivity index (χ1n) is 15.7. The van der Waals surface area contributed by atoms with E-state index in [0.29, 0.717) is 11.5 Å². The van der Waals surface area contributed by atoms with Crippen LogP contribution in [-0.2, 0) is 20.1 Å². The van der Waals surface area contributed by atoms with E-state index in [9.17, 15) is 0 Å². The summed E-state index contributed by atoms with van der Waals surface area (Å²) in [6, 6.07) is 40.8. The minimum Gasteiger partial charge on any atom is -0.329 e. The summed E-state index contributed by atoms with van der Waals surface area (Å²) >= 11 is 0. The first-order valence-corrected chi connectivity index (χ1v) is 15.7. The summed E-state index contributed by atoms with van der Waals surface area (Å²) in [5, 5.41) is 14.0. The standard InChI is InChI=1S/2C17H15N2.C6H4N5.Ir/c2*1-14-5-3-7-16(11-14)18-9-10-19(13-18)17-8-4-6-15(2)12-17;1-2-4-7-5(3-1)6-8-10-11-9-6;/h2*3-7,9-12H,1-2H3;1-4H;/q3*-1;. The van der Waals surface area contributed by atoms with Crippen molar-refractivity contribution in [1.82, 2.24) is 34.7 Å². The Morgan fingerprint density at radius 2 is 1.16 bits per heavy atom. The van der Waals surface area contributed by atoms with Crippen LogP contribution in [-0.4, -0.2) is 29.6 Å². The van der Waals surface area contributed by atoms with Gasteiger partial charge in [0.25, 0.3) is 12.7 Å². The molecule has 50 heavy (non-hydrogen) atoms. The summed E-state index contributed by atoms with van der Waals surface area (Å²) in [6.45, 7) is 8.34. The summed E-state index contributed by atoms with van der Waals surface area (Å²) < 4.78 is 7.89. The number of hydrogen-bond acceptors (Lipinski definition) is 4. The molecule has 0 fully saturated rings. The molecule has 1 radical (unpaired) electrons. The monoisotopic (exact) mass is 833 g/mol. The number of hydrogen-bond donors (Lipinski definition) is 0. The number of nitrogens with zero attached hydrogens (tertiary/aromatic N) is 9. The second kappa shape index (κ2) is 17.0. The number of tetrazole rings is 1. The Bertz CT molecular complexity index is 1990. The van der Waals surface area contributed by atoms with Gasteiger partial charge in [-0.1, -0.05) is 55.3 Å². The van der Waals surface area contributed by atoms with Crippen molar-refractivity contribution in [1.29, 1.82) is 0 Å². The van der Waals surface area contributed by atoms with Crippen molar-refractivity contribution in [3.63, 3.8) is 0 Å². The van der Waals surface area contributed by atoms with Gasteiger partial charge in [-0.3, -0.25) is 24.4 Å². The van der Waals surface area contributed by atoms with Crippen molar-refractivity contribution in [2.24, 2.45) is 0 Å². The minimum atomic E-state index is 0. The van der Waals surface area contributed by atoms with Crippen LogP contribution in [0.2, 0.25) is 0 Å². The van der Waals surface area contributed by atoms with Crippen molar-refractivity contribution in [3.05, 3.63) is 181 Å². The summed E-state index contributed by atoms with van der Waals surface area (Å²) in [5.41, 5.74) is 9.87. The molecule has 0 aliphatic heterocycles. The van der Waals surface area contributed by atoms with E-state index in [2.05, 4.69) is 139 Å². The second-order valence-electron chi connectivity index (χ2n) is 11.4. The summed E-state index contributed by atoms with van der Waals surface area (Å²) in [4.78, 5) is 4.02. The minimum absolute atomic E-state index is 0. The van der Waals surface area contributed by atoms with Crippen LogP contribution in [0.4, 0.5) is 0 Å². The molecule has 0 saturated carbocycles. The van der Waals surface area contributed by atoms with Gasteiger partial charge in [-0.15, -0.1) is 0 Å². The smallest absolute Gasteiger partial charge is 0.267 e. The molecule has 0 atom stereocenters. The Labute approximate surface area is 305 Å². The number of aromatic nitrogens is 9. The maximum absolute atomic E-state index is 4.02. The third kappa shape index (κ3) is 9.41. The number of benzene rings is 4. The number of rotatable bonds is 5. The zero-order valence-electron chi connectivity index (χ0n) is 28.1. The SMILES string of the molecule is Cc1cc[c-]c(-n2[c-][n+](-c3cccc(C)c3)cc2)c1.Cc1cc[c-]c(-n2[c-][n+](-c3cccc(C)c3)cc2)c1.[Ir].c1ccc(-c2nnn[n-]2)nc1. The quantitative estimate of drug-likeness (QED) is 0.161. The largest absolute Gasteiger partial charge is 0.329 e. The van der Waals surface area contributed by atoms with Gasteiger partial charge in [0.2, 0.25) is 0 Å². The molecule has 8 rings (SSSR count). The van der Waals surface area contributed by atoms with Crippen LogP contribution in [0.25, 0.3) is 34.3 Å². The van der Waals surface area contributed by atoms with Gasteiger partial charge in [0.1, 0.15) is 0 Å². The van der Waals surface area contributed by atoms with E-state index in [0.717, 1.165) is 22.7 Å². The molecular formula is C40H34IrN9-3. The van der Waals surface area contributed by atoms with Crippen LogP contribution >= 0.6 is 0 Å². The van der Waals surface area contributed by atoms with Crippen molar-refractivity contribution in [2.75, 3.05) is 0 Å². The van der Waals surface area contributed by atoms with Crippen LogP contribution in [0.15, 0.2) is 134 Å². The molecule has 4 aromatic heterocycles.